The Bertz CT molecular complexity index is 184. The van der Waals surface area contributed by atoms with Gasteiger partial charge in [0.15, 0.2) is 0 Å². The molecule has 2 heteroatoms. The minimum Gasteiger partial charge on any atom is -0.299 e. The fourth-order valence-electron chi connectivity index (χ4n) is 1.59. The van der Waals surface area contributed by atoms with Gasteiger partial charge in [-0.3, -0.25) is 9.59 Å². The number of hydrogen-bond donors (Lipinski definition) is 0. The van der Waals surface area contributed by atoms with E-state index in [1.54, 1.807) is 6.92 Å². The van der Waals surface area contributed by atoms with E-state index >= 15 is 0 Å². The molecule has 0 bridgehead atoms. The lowest BCUT2D eigenvalue weighted by molar-refractivity contribution is -0.138. The summed E-state index contributed by atoms with van der Waals surface area (Å²) >= 11 is 0. The molecule has 1 aliphatic rings. The van der Waals surface area contributed by atoms with Gasteiger partial charge < -0.3 is 0 Å². The van der Waals surface area contributed by atoms with E-state index in [0.29, 0.717) is 6.42 Å². The molecule has 0 amide bonds. The molecule has 1 fully saturated rings. The van der Waals surface area contributed by atoms with Crippen LogP contribution < -0.4 is 0 Å². The Morgan fingerprint density at radius 2 is 2.09 bits per heavy atom. The molecule has 0 aliphatic heterocycles. The summed E-state index contributed by atoms with van der Waals surface area (Å²) in [6.45, 7) is 3.73. The number of rotatable bonds is 1. The predicted octanol–water partition coefficient (Wildman–Crippen LogP) is 1.58. The van der Waals surface area contributed by atoms with Crippen molar-refractivity contribution in [2.24, 2.45) is 11.8 Å². The topological polar surface area (TPSA) is 34.1 Å². The highest BCUT2D eigenvalue weighted by Gasteiger charge is 2.32. The molecule has 0 N–H and O–H groups in total. The molecule has 0 spiro atoms. The van der Waals surface area contributed by atoms with Crippen LogP contribution in [0.25, 0.3) is 0 Å². The van der Waals surface area contributed by atoms with Crippen LogP contribution in [0.5, 0.6) is 0 Å². The molecule has 1 rings (SSSR count). The number of carbonyl (C=O) groups excluding carboxylic acids is 2. The van der Waals surface area contributed by atoms with Gasteiger partial charge in [-0.25, -0.2) is 0 Å². The summed E-state index contributed by atoms with van der Waals surface area (Å²) in [4.78, 5) is 22.4. The van der Waals surface area contributed by atoms with Crippen LogP contribution in [0, 0.1) is 11.8 Å². The van der Waals surface area contributed by atoms with Gasteiger partial charge in [0.2, 0.25) is 0 Å². The van der Waals surface area contributed by atoms with Gasteiger partial charge in [-0.15, -0.1) is 0 Å². The maximum atomic E-state index is 11.3. The van der Waals surface area contributed by atoms with E-state index in [1.807, 2.05) is 6.92 Å². The molecule has 0 aromatic heterocycles. The quantitative estimate of drug-likeness (QED) is 0.537. The minimum atomic E-state index is -0.325. The maximum Gasteiger partial charge on any atom is 0.146 e. The maximum absolute atomic E-state index is 11.3. The Morgan fingerprint density at radius 3 is 2.64 bits per heavy atom. The minimum absolute atomic E-state index is 0.125. The van der Waals surface area contributed by atoms with Crippen LogP contribution in [-0.2, 0) is 9.59 Å². The van der Waals surface area contributed by atoms with Crippen LogP contribution in [-0.4, -0.2) is 11.6 Å². The van der Waals surface area contributed by atoms with Crippen LogP contribution in [0.4, 0.5) is 0 Å². The van der Waals surface area contributed by atoms with Crippen molar-refractivity contribution in [3.63, 3.8) is 0 Å². The second-order valence-corrected chi connectivity index (χ2v) is 3.23. The van der Waals surface area contributed by atoms with Gasteiger partial charge in [0.05, 0.1) is 5.92 Å². The van der Waals surface area contributed by atoms with E-state index < -0.39 is 0 Å². The smallest absolute Gasteiger partial charge is 0.146 e. The van der Waals surface area contributed by atoms with Gasteiger partial charge in [0.1, 0.15) is 11.6 Å². The normalized spacial score (nSPS) is 32.5. The molecule has 2 atom stereocenters. The van der Waals surface area contributed by atoms with Crippen molar-refractivity contribution in [1.82, 2.24) is 0 Å². The largest absolute Gasteiger partial charge is 0.299 e. The SMILES string of the molecule is CCC1CCC(=O)C(C)C1=O. The molecule has 11 heavy (non-hydrogen) atoms. The fourth-order valence-corrected chi connectivity index (χ4v) is 1.59. The zero-order chi connectivity index (χ0) is 8.43. The van der Waals surface area contributed by atoms with Gasteiger partial charge in [0.25, 0.3) is 0 Å². The molecule has 0 saturated heterocycles. The highest BCUT2D eigenvalue weighted by atomic mass is 16.2. The molecule has 0 heterocycles. The lowest BCUT2D eigenvalue weighted by Gasteiger charge is -2.22. The van der Waals surface area contributed by atoms with Gasteiger partial charge >= 0.3 is 0 Å². The van der Waals surface area contributed by atoms with Crippen LogP contribution in [0.2, 0.25) is 0 Å². The van der Waals surface area contributed by atoms with Crippen LogP contribution in [0.1, 0.15) is 33.1 Å². The third-order valence-corrected chi connectivity index (χ3v) is 2.54. The molecule has 0 radical (unpaired) electrons. The Hall–Kier alpha value is -0.660. The molecular weight excluding hydrogens is 140 g/mol. The van der Waals surface area contributed by atoms with Crippen LogP contribution >= 0.6 is 0 Å². The lowest BCUT2D eigenvalue weighted by atomic mass is 9.79. The first kappa shape index (κ1) is 8.44. The molecule has 0 aromatic carbocycles. The second-order valence-electron chi connectivity index (χ2n) is 3.23. The predicted molar refractivity (Wildman–Crippen MR) is 42.2 cm³/mol. The van der Waals surface area contributed by atoms with E-state index in [1.165, 1.54) is 0 Å². The summed E-state index contributed by atoms with van der Waals surface area (Å²) in [7, 11) is 0. The summed E-state index contributed by atoms with van der Waals surface area (Å²) in [5, 5.41) is 0. The van der Waals surface area contributed by atoms with E-state index in [4.69, 9.17) is 0 Å². The third-order valence-electron chi connectivity index (χ3n) is 2.54. The molecule has 62 valence electrons. The van der Waals surface area contributed by atoms with Gasteiger partial charge in [-0.1, -0.05) is 6.92 Å². The van der Waals surface area contributed by atoms with Crippen LogP contribution in [0.15, 0.2) is 0 Å². The second kappa shape index (κ2) is 3.16. The van der Waals surface area contributed by atoms with E-state index in [9.17, 15) is 9.59 Å². The standard InChI is InChI=1S/C9H14O2/c1-3-7-4-5-8(10)6(2)9(7)11/h6-7H,3-5H2,1-2H3. The molecule has 2 nitrogen and oxygen atoms in total. The first-order valence-electron chi connectivity index (χ1n) is 4.23. The van der Waals surface area contributed by atoms with E-state index in [0.717, 1.165) is 12.8 Å². The lowest BCUT2D eigenvalue weighted by Crippen LogP contribution is -2.33. The summed E-state index contributed by atoms with van der Waals surface area (Å²) < 4.78 is 0. The summed E-state index contributed by atoms with van der Waals surface area (Å²) in [6, 6.07) is 0. The first-order chi connectivity index (χ1) is 5.16. The molecule has 1 aliphatic carbocycles. The molecule has 2 unspecified atom stereocenters. The zero-order valence-corrected chi connectivity index (χ0v) is 7.09. The van der Waals surface area contributed by atoms with Crippen molar-refractivity contribution in [2.75, 3.05) is 0 Å². The van der Waals surface area contributed by atoms with Gasteiger partial charge in [0, 0.05) is 12.3 Å². The van der Waals surface area contributed by atoms with Crippen molar-refractivity contribution in [2.45, 2.75) is 33.1 Å². The molecule has 0 aromatic rings. The average molecular weight is 154 g/mol. The molecular formula is C9H14O2. The Morgan fingerprint density at radius 1 is 1.45 bits per heavy atom. The van der Waals surface area contributed by atoms with Crippen molar-refractivity contribution in [3.8, 4) is 0 Å². The van der Waals surface area contributed by atoms with E-state index in [-0.39, 0.29) is 23.4 Å². The van der Waals surface area contributed by atoms with Crippen LogP contribution in [0.3, 0.4) is 0 Å². The molecule has 1 saturated carbocycles. The highest BCUT2D eigenvalue weighted by Crippen LogP contribution is 2.24. The first-order valence-corrected chi connectivity index (χ1v) is 4.23. The monoisotopic (exact) mass is 154 g/mol. The third kappa shape index (κ3) is 1.50. The zero-order valence-electron chi connectivity index (χ0n) is 7.09. The van der Waals surface area contributed by atoms with Crippen molar-refractivity contribution in [1.29, 1.82) is 0 Å². The number of Topliss-reactive ketones (excluding diaryl/α,β-unsaturated/α-hetero) is 2. The van der Waals surface area contributed by atoms with Gasteiger partial charge in [-0.05, 0) is 19.8 Å². The summed E-state index contributed by atoms with van der Waals surface area (Å²) in [5.41, 5.74) is 0. The number of carbonyl (C=O) groups is 2. The van der Waals surface area contributed by atoms with Crippen molar-refractivity contribution in [3.05, 3.63) is 0 Å². The summed E-state index contributed by atoms with van der Waals surface area (Å²) in [5.74, 6) is 0.111. The van der Waals surface area contributed by atoms with E-state index in [2.05, 4.69) is 0 Å². The number of hydrogen-bond acceptors (Lipinski definition) is 2. The number of ketones is 2. The highest BCUT2D eigenvalue weighted by molar-refractivity contribution is 6.05. The summed E-state index contributed by atoms with van der Waals surface area (Å²) in [6.07, 6.45) is 2.26. The van der Waals surface area contributed by atoms with Crippen molar-refractivity contribution < 1.29 is 9.59 Å². The Balaban J connectivity index is 2.67. The average Bonchev–Trinajstić information content (AvgIpc) is 2.01. The van der Waals surface area contributed by atoms with Crippen molar-refractivity contribution >= 4 is 11.6 Å². The Kier molecular flexibility index (Phi) is 2.42. The fraction of sp³-hybridized carbons (Fsp3) is 0.778. The Labute approximate surface area is 67.0 Å². The van der Waals surface area contributed by atoms with Gasteiger partial charge in [-0.2, -0.15) is 0 Å².